The Balaban J connectivity index is 0.000000505. The minimum absolute atomic E-state index is 0.0610. The maximum Gasteiger partial charge on any atom is 0.490 e. The number of carbonyl (C=O) groups is 3. The highest BCUT2D eigenvalue weighted by molar-refractivity contribution is 7.10. The largest absolute Gasteiger partial charge is 0.490 e. The quantitative estimate of drug-likeness (QED) is 0.491. The van der Waals surface area contributed by atoms with E-state index in [4.69, 9.17) is 26.2 Å². The van der Waals surface area contributed by atoms with Crippen molar-refractivity contribution in [3.05, 3.63) is 51.7 Å². The maximum atomic E-state index is 13.4. The number of halogens is 4. The van der Waals surface area contributed by atoms with Gasteiger partial charge in [0.05, 0.1) is 13.2 Å². The average Bonchev–Trinajstić information content (AvgIpc) is 3.43. The van der Waals surface area contributed by atoms with Gasteiger partial charge in [-0.3, -0.25) is 9.69 Å². The zero-order chi connectivity index (χ0) is 27.7. The molecule has 2 aliphatic rings. The van der Waals surface area contributed by atoms with Crippen molar-refractivity contribution < 1.29 is 37.4 Å². The van der Waals surface area contributed by atoms with E-state index in [1.165, 1.54) is 11.3 Å². The van der Waals surface area contributed by atoms with E-state index >= 15 is 0 Å². The Labute approximate surface area is 226 Å². The number of alkyl halides is 3. The zero-order valence-corrected chi connectivity index (χ0v) is 21.8. The molecule has 0 spiro atoms. The molecule has 3 heterocycles. The van der Waals surface area contributed by atoms with Crippen molar-refractivity contribution >= 4 is 46.5 Å². The number of hydrogen-bond donors (Lipinski definition) is 3. The standard InChI is InChI=1S/C22H27ClN4O3S.C2HF3O2/c23-16-3-5-17(6-4-16)24-22(29)25-20(19-2-1-15-31-19)21(28)27-9-7-18(8-10-27)26-11-13-30-14-12-26;3-2(4,5)1(6)7/h1-6,15,18,20H,7-14H2,(H2,24,25,29);(H,6,7)/t20-;/m0./s1. The van der Waals surface area contributed by atoms with E-state index in [9.17, 15) is 22.8 Å². The fourth-order valence-corrected chi connectivity index (χ4v) is 5.01. The van der Waals surface area contributed by atoms with Gasteiger partial charge in [0.1, 0.15) is 6.04 Å². The molecule has 2 aliphatic heterocycles. The molecule has 0 saturated carbocycles. The summed E-state index contributed by atoms with van der Waals surface area (Å²) in [4.78, 5) is 40.0. The first-order valence-corrected chi connectivity index (χ1v) is 13.1. The summed E-state index contributed by atoms with van der Waals surface area (Å²) < 4.78 is 37.2. The Kier molecular flexibility index (Phi) is 10.8. The van der Waals surface area contributed by atoms with Crippen molar-refractivity contribution in [2.75, 3.05) is 44.7 Å². The molecule has 208 valence electrons. The lowest BCUT2D eigenvalue weighted by Gasteiger charge is -2.40. The lowest BCUT2D eigenvalue weighted by molar-refractivity contribution is -0.192. The molecule has 9 nitrogen and oxygen atoms in total. The molecule has 0 aliphatic carbocycles. The molecular weight excluding hydrogens is 549 g/mol. The van der Waals surface area contributed by atoms with Crippen molar-refractivity contribution in [2.45, 2.75) is 31.1 Å². The van der Waals surface area contributed by atoms with Crippen LogP contribution in [0, 0.1) is 0 Å². The number of nitrogens with one attached hydrogen (secondary N) is 2. The predicted octanol–water partition coefficient (Wildman–Crippen LogP) is 4.22. The van der Waals surface area contributed by atoms with Crippen LogP contribution < -0.4 is 10.6 Å². The second-order valence-electron chi connectivity index (χ2n) is 8.56. The molecule has 0 radical (unpaired) electrons. The summed E-state index contributed by atoms with van der Waals surface area (Å²) in [7, 11) is 0. The predicted molar refractivity (Wildman–Crippen MR) is 136 cm³/mol. The van der Waals surface area contributed by atoms with Gasteiger partial charge in [0.15, 0.2) is 0 Å². The van der Waals surface area contributed by atoms with Crippen LogP contribution in [0.1, 0.15) is 23.8 Å². The number of carboxylic acid groups (broad SMARTS) is 1. The summed E-state index contributed by atoms with van der Waals surface area (Å²) in [5.74, 6) is -2.82. The van der Waals surface area contributed by atoms with E-state index in [0.29, 0.717) is 29.8 Å². The molecule has 2 saturated heterocycles. The number of carboxylic acids is 1. The lowest BCUT2D eigenvalue weighted by Crippen LogP contribution is -2.52. The van der Waals surface area contributed by atoms with Gasteiger partial charge in [-0.1, -0.05) is 17.7 Å². The van der Waals surface area contributed by atoms with Gasteiger partial charge in [-0.15, -0.1) is 11.3 Å². The van der Waals surface area contributed by atoms with Gasteiger partial charge >= 0.3 is 18.2 Å². The molecule has 1 aromatic heterocycles. The van der Waals surface area contributed by atoms with Crippen LogP contribution >= 0.6 is 22.9 Å². The van der Waals surface area contributed by atoms with E-state index in [0.717, 1.165) is 44.0 Å². The highest BCUT2D eigenvalue weighted by atomic mass is 35.5. The van der Waals surface area contributed by atoms with Gasteiger partial charge in [0, 0.05) is 47.8 Å². The van der Waals surface area contributed by atoms with Gasteiger partial charge in [-0.25, -0.2) is 9.59 Å². The lowest BCUT2D eigenvalue weighted by atomic mass is 10.0. The van der Waals surface area contributed by atoms with Crippen LogP contribution in [0.25, 0.3) is 0 Å². The normalized spacial score (nSPS) is 17.6. The number of urea groups is 1. The van der Waals surface area contributed by atoms with E-state index in [1.807, 2.05) is 22.4 Å². The van der Waals surface area contributed by atoms with E-state index in [2.05, 4.69) is 15.5 Å². The molecule has 2 aromatic rings. The van der Waals surface area contributed by atoms with E-state index in [-0.39, 0.29) is 5.91 Å². The van der Waals surface area contributed by atoms with Gasteiger partial charge in [-0.2, -0.15) is 13.2 Å². The topological polar surface area (TPSA) is 111 Å². The first kappa shape index (κ1) is 29.7. The Morgan fingerprint density at radius 1 is 1.05 bits per heavy atom. The number of piperidine rings is 1. The highest BCUT2D eigenvalue weighted by Gasteiger charge is 2.38. The Bertz CT molecular complexity index is 1060. The molecule has 3 amide bonds. The summed E-state index contributed by atoms with van der Waals surface area (Å²) >= 11 is 7.37. The first-order chi connectivity index (χ1) is 18.0. The van der Waals surface area contributed by atoms with Crippen LogP contribution in [0.4, 0.5) is 23.7 Å². The molecule has 0 unspecified atom stereocenters. The summed E-state index contributed by atoms with van der Waals surface area (Å²) in [5.41, 5.74) is 0.616. The second kappa shape index (κ2) is 13.8. The van der Waals surface area contributed by atoms with Crippen LogP contribution in [0.5, 0.6) is 0 Å². The van der Waals surface area contributed by atoms with Crippen LogP contribution in [-0.4, -0.2) is 84.4 Å². The molecular formula is C24H28ClF3N4O5S. The SMILES string of the molecule is O=C(Nc1ccc(Cl)cc1)N[C@H](C(=O)N1CCC(N2CCOCC2)CC1)c1cccs1.O=C(O)C(F)(F)F. The Morgan fingerprint density at radius 2 is 1.66 bits per heavy atom. The van der Waals surface area contributed by atoms with Crippen molar-refractivity contribution in [3.8, 4) is 0 Å². The number of carbonyl (C=O) groups excluding carboxylic acids is 2. The van der Waals surface area contributed by atoms with E-state index < -0.39 is 24.2 Å². The number of benzene rings is 1. The van der Waals surface area contributed by atoms with Crippen LogP contribution in [0.15, 0.2) is 41.8 Å². The van der Waals surface area contributed by atoms with Crippen molar-refractivity contribution in [2.24, 2.45) is 0 Å². The van der Waals surface area contributed by atoms with Crippen molar-refractivity contribution in [1.29, 1.82) is 0 Å². The third kappa shape index (κ3) is 8.86. The fourth-order valence-electron chi connectivity index (χ4n) is 4.12. The van der Waals surface area contributed by atoms with Gasteiger partial charge in [0.25, 0.3) is 5.91 Å². The third-order valence-electron chi connectivity index (χ3n) is 6.03. The minimum Gasteiger partial charge on any atom is -0.475 e. The molecule has 14 heteroatoms. The molecule has 4 rings (SSSR count). The number of nitrogens with zero attached hydrogens (tertiary/aromatic N) is 2. The second-order valence-corrected chi connectivity index (χ2v) is 9.98. The van der Waals surface area contributed by atoms with Gasteiger partial charge in [-0.05, 0) is 48.6 Å². The monoisotopic (exact) mass is 576 g/mol. The summed E-state index contributed by atoms with van der Waals surface area (Å²) in [6.45, 7) is 4.89. The zero-order valence-electron chi connectivity index (χ0n) is 20.2. The summed E-state index contributed by atoms with van der Waals surface area (Å²) in [5, 5.41) is 15.3. The van der Waals surface area contributed by atoms with Crippen LogP contribution in [0.3, 0.4) is 0 Å². The number of hydrogen-bond acceptors (Lipinski definition) is 6. The minimum atomic E-state index is -5.08. The van der Waals surface area contributed by atoms with Gasteiger partial charge < -0.3 is 25.4 Å². The number of ether oxygens (including phenoxy) is 1. The number of aliphatic carboxylic acids is 1. The number of morpholine rings is 1. The third-order valence-corrected chi connectivity index (χ3v) is 7.22. The smallest absolute Gasteiger partial charge is 0.475 e. The average molecular weight is 577 g/mol. The highest BCUT2D eigenvalue weighted by Crippen LogP contribution is 2.25. The van der Waals surface area contributed by atoms with Crippen molar-refractivity contribution in [1.82, 2.24) is 15.1 Å². The fraction of sp³-hybridized carbons (Fsp3) is 0.458. The maximum absolute atomic E-state index is 13.4. The first-order valence-electron chi connectivity index (χ1n) is 11.8. The van der Waals surface area contributed by atoms with Crippen LogP contribution in [0.2, 0.25) is 5.02 Å². The molecule has 0 bridgehead atoms. The number of rotatable bonds is 5. The molecule has 1 atom stereocenters. The summed E-state index contributed by atoms with van der Waals surface area (Å²) in [6, 6.07) is 10.0. The number of thiophene rings is 1. The Morgan fingerprint density at radius 3 is 2.18 bits per heavy atom. The molecule has 2 fully saturated rings. The number of amides is 3. The van der Waals surface area contributed by atoms with Crippen LogP contribution in [-0.2, 0) is 14.3 Å². The number of likely N-dealkylation sites (tertiary alicyclic amines) is 1. The summed E-state index contributed by atoms with van der Waals surface area (Å²) in [6.07, 6.45) is -3.19. The van der Waals surface area contributed by atoms with Crippen molar-refractivity contribution in [3.63, 3.8) is 0 Å². The van der Waals surface area contributed by atoms with E-state index in [1.54, 1.807) is 24.3 Å². The molecule has 1 aromatic carbocycles. The Hall–Kier alpha value is -2.87. The number of anilines is 1. The molecule has 3 N–H and O–H groups in total. The van der Waals surface area contributed by atoms with Gasteiger partial charge in [0.2, 0.25) is 0 Å². The molecule has 38 heavy (non-hydrogen) atoms.